The van der Waals surface area contributed by atoms with Crippen LogP contribution in [0.25, 0.3) is 0 Å². The van der Waals surface area contributed by atoms with Crippen molar-refractivity contribution < 1.29 is 0 Å². The SMILES string of the molecule is CCCCCCCCCCCC(N)([Si](CC(C)C)(CC(C)C)CC(C)C)[Si](CC(C)C)(CC(C)C)CC(C)C. The van der Waals surface area contributed by atoms with Crippen LogP contribution in [0.3, 0.4) is 0 Å². The van der Waals surface area contributed by atoms with E-state index >= 15 is 0 Å². The summed E-state index contributed by atoms with van der Waals surface area (Å²) in [4.78, 5) is 0.138. The van der Waals surface area contributed by atoms with Crippen LogP contribution < -0.4 is 5.73 Å². The summed E-state index contributed by atoms with van der Waals surface area (Å²) in [5.74, 6) is 4.52. The highest BCUT2D eigenvalue weighted by Crippen LogP contribution is 2.51. The maximum absolute atomic E-state index is 8.47. The summed E-state index contributed by atoms with van der Waals surface area (Å²) >= 11 is 0. The van der Waals surface area contributed by atoms with Crippen molar-refractivity contribution >= 4 is 16.1 Å². The molecule has 0 bridgehead atoms. The quantitative estimate of drug-likeness (QED) is 0.0890. The molecule has 0 aliphatic heterocycles. The van der Waals surface area contributed by atoms with Gasteiger partial charge in [0.05, 0.1) is 16.1 Å². The molecule has 0 fully saturated rings. The predicted octanol–water partition coefficient (Wildman–Crippen LogP) is 12.5. The van der Waals surface area contributed by atoms with Gasteiger partial charge in [-0.25, -0.2) is 0 Å². The van der Waals surface area contributed by atoms with Crippen molar-refractivity contribution in [2.75, 3.05) is 0 Å². The molecule has 0 aromatic heterocycles. The normalized spacial score (nSPS) is 13.8. The third-order valence-electron chi connectivity index (χ3n) is 9.36. The summed E-state index contributed by atoms with van der Waals surface area (Å²) in [5.41, 5.74) is 8.47. The number of nitrogens with two attached hydrogens (primary N) is 1. The first kappa shape index (κ1) is 39.4. The molecule has 0 aromatic rings. The lowest BCUT2D eigenvalue weighted by atomic mass is 10.1. The number of rotatable bonds is 24. The van der Waals surface area contributed by atoms with Gasteiger partial charge < -0.3 is 5.73 Å². The summed E-state index contributed by atoms with van der Waals surface area (Å²) in [7, 11) is -3.65. The van der Waals surface area contributed by atoms with Crippen molar-refractivity contribution in [3.8, 4) is 0 Å². The van der Waals surface area contributed by atoms with Gasteiger partial charge in [-0.3, -0.25) is 0 Å². The molecule has 0 radical (unpaired) electrons. The minimum Gasteiger partial charge on any atom is -0.330 e. The molecule has 39 heavy (non-hydrogen) atoms. The van der Waals surface area contributed by atoms with Crippen molar-refractivity contribution in [1.82, 2.24) is 0 Å². The second-order valence-electron chi connectivity index (χ2n) is 16.7. The standard InChI is InChI=1S/C36H79NSi2/c1-14-15-16-17-18-19-20-21-22-23-36(37,38(24-30(2)3,25-31(4)5)26-32(6)7)39(27-33(8)9,28-34(10)11)29-35(12)13/h30-35H,14-29,37H2,1-13H3. The van der Waals surface area contributed by atoms with E-state index in [2.05, 4.69) is 90.0 Å². The van der Waals surface area contributed by atoms with Crippen LogP contribution >= 0.6 is 0 Å². The average molecular weight is 582 g/mol. The molecule has 3 heteroatoms. The average Bonchev–Trinajstić information content (AvgIpc) is 2.74. The lowest BCUT2D eigenvalue weighted by Crippen LogP contribution is -2.79. The van der Waals surface area contributed by atoms with Crippen LogP contribution in [0.4, 0.5) is 0 Å². The molecule has 0 aliphatic rings. The Bertz CT molecular complexity index is 502. The van der Waals surface area contributed by atoms with Gasteiger partial charge in [-0.15, -0.1) is 0 Å². The summed E-state index contributed by atoms with van der Waals surface area (Å²) < 4.78 is 0. The highest BCUT2D eigenvalue weighted by molar-refractivity contribution is 7.02. The minimum absolute atomic E-state index is 0.138. The minimum atomic E-state index is -1.83. The maximum atomic E-state index is 8.47. The zero-order chi connectivity index (χ0) is 30.3. The zero-order valence-corrected chi connectivity index (χ0v) is 31.9. The van der Waals surface area contributed by atoms with Crippen molar-refractivity contribution in [1.29, 1.82) is 0 Å². The van der Waals surface area contributed by atoms with E-state index in [1.807, 2.05) is 0 Å². The monoisotopic (exact) mass is 582 g/mol. The van der Waals surface area contributed by atoms with E-state index in [9.17, 15) is 0 Å². The predicted molar refractivity (Wildman–Crippen MR) is 188 cm³/mol. The summed E-state index contributed by atoms with van der Waals surface area (Å²) in [6.07, 6.45) is 14.0. The van der Waals surface area contributed by atoms with Crippen LogP contribution in [0.1, 0.15) is 154 Å². The second-order valence-corrected chi connectivity index (χ2v) is 26.6. The Morgan fingerprint density at radius 3 is 0.872 bits per heavy atom. The molecular weight excluding hydrogens is 503 g/mol. The van der Waals surface area contributed by atoms with Gasteiger partial charge in [0.15, 0.2) is 0 Å². The Morgan fingerprint density at radius 2 is 0.641 bits per heavy atom. The molecule has 0 saturated heterocycles. The third-order valence-corrected chi connectivity index (χ3v) is 26.4. The van der Waals surface area contributed by atoms with Crippen LogP contribution in [0.5, 0.6) is 0 Å². The molecular formula is C36H79NSi2. The maximum Gasteiger partial charge on any atom is 0.0733 e. The number of hydrogen-bond acceptors (Lipinski definition) is 1. The van der Waals surface area contributed by atoms with Gasteiger partial charge in [0, 0.05) is 4.79 Å². The van der Waals surface area contributed by atoms with Gasteiger partial charge >= 0.3 is 0 Å². The summed E-state index contributed by atoms with van der Waals surface area (Å²) in [6, 6.07) is 8.67. The van der Waals surface area contributed by atoms with E-state index in [-0.39, 0.29) is 4.79 Å². The van der Waals surface area contributed by atoms with Crippen LogP contribution in [0, 0.1) is 35.5 Å². The number of unbranched alkanes of at least 4 members (excludes halogenated alkanes) is 8. The lowest BCUT2D eigenvalue weighted by molar-refractivity contribution is 0.499. The highest BCUT2D eigenvalue weighted by Gasteiger charge is 2.61. The number of hydrogen-bond donors (Lipinski definition) is 1. The smallest absolute Gasteiger partial charge is 0.0733 e. The van der Waals surface area contributed by atoms with Gasteiger partial charge in [-0.1, -0.05) is 184 Å². The highest BCUT2D eigenvalue weighted by atomic mass is 28.4. The van der Waals surface area contributed by atoms with E-state index in [1.165, 1.54) is 100 Å². The van der Waals surface area contributed by atoms with Gasteiger partial charge in [-0.2, -0.15) is 0 Å². The molecule has 0 aromatic carbocycles. The molecule has 0 saturated carbocycles. The van der Waals surface area contributed by atoms with Gasteiger partial charge in [0.2, 0.25) is 0 Å². The first-order chi connectivity index (χ1) is 18.1. The Hall–Kier alpha value is 0.394. The zero-order valence-electron chi connectivity index (χ0n) is 29.9. The molecule has 1 nitrogen and oxygen atoms in total. The fourth-order valence-electron chi connectivity index (χ4n) is 9.09. The molecule has 0 rings (SSSR count). The summed E-state index contributed by atoms with van der Waals surface area (Å²) in [5, 5.41) is 0. The Labute approximate surface area is 252 Å². The molecule has 2 N–H and O–H groups in total. The van der Waals surface area contributed by atoms with Crippen molar-refractivity contribution in [2.45, 2.75) is 195 Å². The second kappa shape index (κ2) is 19.6. The van der Waals surface area contributed by atoms with Crippen molar-refractivity contribution in [3.05, 3.63) is 0 Å². The van der Waals surface area contributed by atoms with Crippen molar-refractivity contribution in [3.63, 3.8) is 0 Å². The molecule has 0 amide bonds. The van der Waals surface area contributed by atoms with Crippen LogP contribution in [-0.2, 0) is 0 Å². The topological polar surface area (TPSA) is 26.0 Å². The van der Waals surface area contributed by atoms with Crippen LogP contribution in [-0.4, -0.2) is 20.9 Å². The largest absolute Gasteiger partial charge is 0.330 e. The van der Waals surface area contributed by atoms with E-state index in [4.69, 9.17) is 5.73 Å². The molecule has 0 atom stereocenters. The van der Waals surface area contributed by atoms with Crippen molar-refractivity contribution in [2.24, 2.45) is 41.2 Å². The Kier molecular flexibility index (Phi) is 19.8. The fourth-order valence-corrected chi connectivity index (χ4v) is 29.4. The summed E-state index contributed by atoms with van der Waals surface area (Å²) in [6.45, 7) is 32.5. The first-order valence-corrected chi connectivity index (χ1v) is 23.1. The van der Waals surface area contributed by atoms with Gasteiger partial charge in [0.1, 0.15) is 0 Å². The van der Waals surface area contributed by atoms with Crippen LogP contribution in [0.2, 0.25) is 36.3 Å². The van der Waals surface area contributed by atoms with E-state index < -0.39 is 16.1 Å². The molecule has 0 unspecified atom stereocenters. The molecule has 236 valence electrons. The third kappa shape index (κ3) is 13.9. The first-order valence-electron chi connectivity index (χ1n) is 17.8. The van der Waals surface area contributed by atoms with E-state index in [0.717, 1.165) is 35.5 Å². The Balaban J connectivity index is 6.70. The van der Waals surface area contributed by atoms with Gasteiger partial charge in [0.25, 0.3) is 0 Å². The molecule has 0 aliphatic carbocycles. The van der Waals surface area contributed by atoms with Gasteiger partial charge in [-0.05, 0) is 41.9 Å². The molecule has 0 spiro atoms. The van der Waals surface area contributed by atoms with Crippen LogP contribution in [0.15, 0.2) is 0 Å². The fraction of sp³-hybridized carbons (Fsp3) is 1.00. The lowest BCUT2D eigenvalue weighted by Gasteiger charge is -2.61. The van der Waals surface area contributed by atoms with E-state index in [0.29, 0.717) is 0 Å². The van der Waals surface area contributed by atoms with E-state index in [1.54, 1.807) is 0 Å². The Morgan fingerprint density at radius 1 is 0.410 bits per heavy atom. The molecule has 0 heterocycles.